The van der Waals surface area contributed by atoms with Crippen LogP contribution in [-0.2, 0) is 19.4 Å². The van der Waals surface area contributed by atoms with Gasteiger partial charge in [0.2, 0.25) is 6.79 Å². The zero-order valence-electron chi connectivity index (χ0n) is 15.8. The van der Waals surface area contributed by atoms with E-state index in [0.29, 0.717) is 41.5 Å². The summed E-state index contributed by atoms with van der Waals surface area (Å²) in [6.07, 6.45) is 1.09. The topological polar surface area (TPSA) is 57.2 Å². The Kier molecular flexibility index (Phi) is 4.66. The molecule has 2 aromatic carbocycles. The van der Waals surface area contributed by atoms with Crippen molar-refractivity contribution >= 4 is 5.78 Å². The van der Waals surface area contributed by atoms with Gasteiger partial charge in [-0.2, -0.15) is 0 Å². The molecule has 6 nitrogen and oxygen atoms in total. The Morgan fingerprint density at radius 3 is 2.56 bits per heavy atom. The SMILES string of the molecule is COc1ccc2c(c1OC)CCN(C)Cc1cc3c(cc1C(=O)C2)OCO3. The molecule has 0 atom stereocenters. The van der Waals surface area contributed by atoms with Gasteiger partial charge in [-0.25, -0.2) is 0 Å². The van der Waals surface area contributed by atoms with Gasteiger partial charge >= 0.3 is 0 Å². The quantitative estimate of drug-likeness (QED) is 0.811. The predicted octanol–water partition coefficient (Wildman–Crippen LogP) is 2.85. The summed E-state index contributed by atoms with van der Waals surface area (Å²) in [6.45, 7) is 1.69. The Balaban J connectivity index is 1.80. The Bertz CT molecular complexity index is 893. The van der Waals surface area contributed by atoms with Gasteiger partial charge in [-0.15, -0.1) is 0 Å². The molecular formula is C21H23NO5. The van der Waals surface area contributed by atoms with Crippen molar-refractivity contribution in [3.05, 3.63) is 46.5 Å². The second-order valence-electron chi connectivity index (χ2n) is 6.89. The molecule has 0 aromatic heterocycles. The highest BCUT2D eigenvalue weighted by molar-refractivity contribution is 6.00. The molecule has 0 fully saturated rings. The van der Waals surface area contributed by atoms with Crippen molar-refractivity contribution < 1.29 is 23.7 Å². The molecule has 0 radical (unpaired) electrons. The number of benzene rings is 2. The van der Waals surface area contributed by atoms with E-state index in [1.165, 1.54) is 0 Å². The Morgan fingerprint density at radius 1 is 1.04 bits per heavy atom. The summed E-state index contributed by atoms with van der Waals surface area (Å²) >= 11 is 0. The van der Waals surface area contributed by atoms with Crippen molar-refractivity contribution in [2.75, 3.05) is 34.6 Å². The van der Waals surface area contributed by atoms with Crippen LogP contribution in [0.25, 0.3) is 0 Å². The van der Waals surface area contributed by atoms with E-state index in [9.17, 15) is 4.79 Å². The summed E-state index contributed by atoms with van der Waals surface area (Å²) in [5.41, 5.74) is 3.65. The molecule has 0 unspecified atom stereocenters. The second kappa shape index (κ2) is 7.12. The fourth-order valence-electron chi connectivity index (χ4n) is 3.79. The number of methoxy groups -OCH3 is 2. The van der Waals surface area contributed by atoms with Crippen LogP contribution in [0.2, 0.25) is 0 Å². The number of Topliss-reactive ketones (excluding diaryl/α,β-unsaturated/α-hetero) is 1. The van der Waals surface area contributed by atoms with Crippen molar-refractivity contribution in [1.82, 2.24) is 4.90 Å². The molecule has 0 N–H and O–H groups in total. The van der Waals surface area contributed by atoms with Gasteiger partial charge in [0.25, 0.3) is 0 Å². The van der Waals surface area contributed by atoms with E-state index in [0.717, 1.165) is 29.7 Å². The minimum absolute atomic E-state index is 0.0621. The van der Waals surface area contributed by atoms with Gasteiger partial charge in [0.15, 0.2) is 28.8 Å². The lowest BCUT2D eigenvalue weighted by atomic mass is 9.92. The van der Waals surface area contributed by atoms with Crippen LogP contribution in [0.4, 0.5) is 0 Å². The highest BCUT2D eigenvalue weighted by Crippen LogP contribution is 2.38. The van der Waals surface area contributed by atoms with Crippen LogP contribution < -0.4 is 18.9 Å². The van der Waals surface area contributed by atoms with E-state index in [-0.39, 0.29) is 12.6 Å². The number of nitrogens with zero attached hydrogens (tertiary/aromatic N) is 1. The Hall–Kier alpha value is -2.73. The van der Waals surface area contributed by atoms with Crippen molar-refractivity contribution in [2.45, 2.75) is 19.4 Å². The molecule has 0 saturated carbocycles. The van der Waals surface area contributed by atoms with Crippen molar-refractivity contribution in [3.63, 3.8) is 0 Å². The van der Waals surface area contributed by atoms with Gasteiger partial charge < -0.3 is 23.8 Å². The van der Waals surface area contributed by atoms with Crippen molar-refractivity contribution in [3.8, 4) is 23.0 Å². The third-order valence-corrected chi connectivity index (χ3v) is 5.18. The van der Waals surface area contributed by atoms with Gasteiger partial charge in [-0.05, 0) is 42.8 Å². The molecule has 0 aliphatic carbocycles. The van der Waals surface area contributed by atoms with Crippen LogP contribution >= 0.6 is 0 Å². The fraction of sp³-hybridized carbons (Fsp3) is 0.381. The minimum Gasteiger partial charge on any atom is -0.493 e. The average molecular weight is 369 g/mol. The molecular weight excluding hydrogens is 346 g/mol. The number of hydrogen-bond acceptors (Lipinski definition) is 6. The zero-order valence-corrected chi connectivity index (χ0v) is 15.8. The molecule has 6 heteroatoms. The summed E-state index contributed by atoms with van der Waals surface area (Å²) in [5, 5.41) is 0. The fourth-order valence-corrected chi connectivity index (χ4v) is 3.79. The summed E-state index contributed by atoms with van der Waals surface area (Å²) < 4.78 is 22.0. The lowest BCUT2D eigenvalue weighted by Gasteiger charge is -2.23. The second-order valence-corrected chi connectivity index (χ2v) is 6.89. The maximum Gasteiger partial charge on any atom is 0.231 e. The third-order valence-electron chi connectivity index (χ3n) is 5.18. The largest absolute Gasteiger partial charge is 0.493 e. The minimum atomic E-state index is 0.0621. The first-order valence-electron chi connectivity index (χ1n) is 8.97. The van der Waals surface area contributed by atoms with E-state index >= 15 is 0 Å². The lowest BCUT2D eigenvalue weighted by Crippen LogP contribution is -2.24. The number of fused-ring (bicyclic) bond motifs is 3. The highest BCUT2D eigenvalue weighted by atomic mass is 16.7. The van der Waals surface area contributed by atoms with E-state index in [1.54, 1.807) is 14.2 Å². The van der Waals surface area contributed by atoms with Crippen LogP contribution in [0, 0.1) is 0 Å². The number of likely N-dealkylation sites (N-methyl/N-ethyl adjacent to an activating group) is 1. The Morgan fingerprint density at radius 2 is 1.81 bits per heavy atom. The van der Waals surface area contributed by atoms with Crippen LogP contribution in [0.1, 0.15) is 27.0 Å². The molecule has 4 rings (SSSR count). The number of hydrogen-bond donors (Lipinski definition) is 0. The third kappa shape index (κ3) is 3.21. The first-order chi connectivity index (χ1) is 13.1. The van der Waals surface area contributed by atoms with Gasteiger partial charge in [0.05, 0.1) is 14.2 Å². The molecule has 0 spiro atoms. The molecule has 0 amide bonds. The van der Waals surface area contributed by atoms with Crippen molar-refractivity contribution in [2.24, 2.45) is 0 Å². The van der Waals surface area contributed by atoms with E-state index in [2.05, 4.69) is 4.90 Å². The summed E-state index contributed by atoms with van der Waals surface area (Å²) in [6, 6.07) is 7.57. The predicted molar refractivity (Wildman–Crippen MR) is 100 cm³/mol. The molecule has 2 aromatic rings. The highest BCUT2D eigenvalue weighted by Gasteiger charge is 2.25. The number of ketones is 1. The van der Waals surface area contributed by atoms with Crippen LogP contribution in [0.15, 0.2) is 24.3 Å². The summed E-state index contributed by atoms with van der Waals surface area (Å²) in [7, 11) is 5.31. The van der Waals surface area contributed by atoms with E-state index in [4.69, 9.17) is 18.9 Å². The number of rotatable bonds is 2. The van der Waals surface area contributed by atoms with Gasteiger partial charge in [-0.3, -0.25) is 4.79 Å². The molecule has 27 heavy (non-hydrogen) atoms. The van der Waals surface area contributed by atoms with Gasteiger partial charge in [-0.1, -0.05) is 6.07 Å². The van der Waals surface area contributed by atoms with Crippen LogP contribution in [0.5, 0.6) is 23.0 Å². The first kappa shape index (κ1) is 17.7. The molecule has 0 saturated heterocycles. The average Bonchev–Trinajstić information content (AvgIpc) is 3.12. The molecule has 2 aliphatic heterocycles. The van der Waals surface area contributed by atoms with Crippen LogP contribution in [-0.4, -0.2) is 45.3 Å². The van der Waals surface area contributed by atoms with Gasteiger partial charge in [0.1, 0.15) is 0 Å². The number of carbonyl (C=O) groups is 1. The maximum atomic E-state index is 13.2. The molecule has 0 bridgehead atoms. The Labute approximate surface area is 158 Å². The van der Waals surface area contributed by atoms with Crippen molar-refractivity contribution in [1.29, 1.82) is 0 Å². The summed E-state index contributed by atoms with van der Waals surface area (Å²) in [4.78, 5) is 15.4. The normalized spacial score (nSPS) is 16.5. The molecule has 2 aliphatic rings. The standard InChI is InChI=1S/C21H23NO5/c1-22-7-6-15-13(4-5-18(24-2)21(15)25-3)8-17(23)16-10-20-19(26-12-27-20)9-14(16)11-22/h4-5,9-10H,6-8,11-12H2,1-3H3. The van der Waals surface area contributed by atoms with E-state index < -0.39 is 0 Å². The number of carbonyl (C=O) groups excluding carboxylic acids is 1. The maximum absolute atomic E-state index is 13.2. The monoisotopic (exact) mass is 369 g/mol. The first-order valence-corrected chi connectivity index (χ1v) is 8.97. The van der Waals surface area contributed by atoms with Gasteiger partial charge in [0, 0.05) is 30.6 Å². The van der Waals surface area contributed by atoms with E-state index in [1.807, 2.05) is 31.3 Å². The summed E-state index contributed by atoms with van der Waals surface area (Å²) in [5.74, 6) is 2.80. The zero-order chi connectivity index (χ0) is 19.0. The molecule has 2 heterocycles. The van der Waals surface area contributed by atoms with Crippen LogP contribution in [0.3, 0.4) is 0 Å². The lowest BCUT2D eigenvalue weighted by molar-refractivity contribution is 0.0990. The molecule has 142 valence electrons. The number of ether oxygens (including phenoxy) is 4. The smallest absolute Gasteiger partial charge is 0.231 e.